The number of aromatic nitrogens is 4. The van der Waals surface area contributed by atoms with Gasteiger partial charge in [-0.05, 0) is 6.92 Å². The van der Waals surface area contributed by atoms with Gasteiger partial charge in [0.15, 0.2) is 0 Å². The molecule has 1 aliphatic rings. The predicted molar refractivity (Wildman–Crippen MR) is 65.2 cm³/mol. The second-order valence-electron chi connectivity index (χ2n) is 4.44. The van der Waals surface area contributed by atoms with Gasteiger partial charge in [-0.2, -0.15) is 5.10 Å². The average molecular weight is 246 g/mol. The first-order valence-electron chi connectivity index (χ1n) is 5.85. The van der Waals surface area contributed by atoms with Crippen molar-refractivity contribution in [2.45, 2.75) is 20.0 Å². The highest BCUT2D eigenvalue weighted by Crippen LogP contribution is 2.19. The van der Waals surface area contributed by atoms with Crippen LogP contribution < -0.4 is 5.56 Å². The van der Waals surface area contributed by atoms with Gasteiger partial charge < -0.3 is 9.72 Å². The Balaban J connectivity index is 2.17. The highest BCUT2D eigenvalue weighted by atomic mass is 16.5. The van der Waals surface area contributed by atoms with Crippen LogP contribution in [0.4, 0.5) is 0 Å². The van der Waals surface area contributed by atoms with Gasteiger partial charge in [-0.15, -0.1) is 0 Å². The number of ether oxygens (including phenoxy) is 1. The molecule has 3 rings (SSSR count). The topological polar surface area (TPSA) is 72.8 Å². The number of nitrogens with one attached hydrogen (secondary N) is 1. The molecule has 0 saturated heterocycles. The van der Waals surface area contributed by atoms with Crippen molar-refractivity contribution in [1.29, 1.82) is 0 Å². The van der Waals surface area contributed by atoms with Crippen molar-refractivity contribution in [1.82, 2.24) is 19.7 Å². The lowest BCUT2D eigenvalue weighted by atomic mass is 10.1. The minimum atomic E-state index is -0.113. The van der Waals surface area contributed by atoms with E-state index in [1.165, 1.54) is 0 Å². The Hall–Kier alpha value is -1.95. The highest BCUT2D eigenvalue weighted by Gasteiger charge is 2.18. The van der Waals surface area contributed by atoms with Gasteiger partial charge in [0, 0.05) is 19.7 Å². The summed E-state index contributed by atoms with van der Waals surface area (Å²) in [6.07, 6.45) is 2.55. The molecule has 18 heavy (non-hydrogen) atoms. The van der Waals surface area contributed by atoms with Gasteiger partial charge in [-0.25, -0.2) is 4.98 Å². The number of aromatic amines is 1. The fourth-order valence-corrected chi connectivity index (χ4v) is 2.20. The quantitative estimate of drug-likeness (QED) is 0.797. The van der Waals surface area contributed by atoms with Crippen molar-refractivity contribution in [2.75, 3.05) is 6.61 Å². The number of rotatable bonds is 1. The second kappa shape index (κ2) is 4.06. The molecule has 0 saturated carbocycles. The van der Waals surface area contributed by atoms with Crippen LogP contribution in [-0.2, 0) is 24.8 Å². The first-order chi connectivity index (χ1) is 8.65. The molecule has 0 atom stereocenters. The number of fused-ring (bicyclic) bond motifs is 1. The van der Waals surface area contributed by atoms with E-state index in [9.17, 15) is 4.79 Å². The molecule has 0 amide bonds. The van der Waals surface area contributed by atoms with E-state index >= 15 is 0 Å². The summed E-state index contributed by atoms with van der Waals surface area (Å²) in [6.45, 7) is 2.87. The van der Waals surface area contributed by atoms with E-state index in [-0.39, 0.29) is 5.56 Å². The van der Waals surface area contributed by atoms with Crippen LogP contribution in [0.2, 0.25) is 0 Å². The van der Waals surface area contributed by atoms with E-state index in [1.54, 1.807) is 4.68 Å². The molecule has 2 aromatic rings. The maximum atomic E-state index is 12.0. The van der Waals surface area contributed by atoms with Crippen LogP contribution in [0.1, 0.15) is 17.0 Å². The molecule has 0 aromatic carbocycles. The van der Waals surface area contributed by atoms with Gasteiger partial charge in [-0.3, -0.25) is 9.48 Å². The SMILES string of the molecule is Cc1nn(C)cc1-c1nc2c(c(=O)[nH]1)COCC2. The summed E-state index contributed by atoms with van der Waals surface area (Å²) in [7, 11) is 1.85. The van der Waals surface area contributed by atoms with Crippen LogP contribution in [0.25, 0.3) is 11.4 Å². The molecule has 1 N–H and O–H groups in total. The zero-order valence-electron chi connectivity index (χ0n) is 10.4. The molecule has 6 nitrogen and oxygen atoms in total. The van der Waals surface area contributed by atoms with Crippen LogP contribution in [0.5, 0.6) is 0 Å². The van der Waals surface area contributed by atoms with Crippen LogP contribution >= 0.6 is 0 Å². The third kappa shape index (κ3) is 1.74. The van der Waals surface area contributed by atoms with E-state index in [4.69, 9.17) is 4.74 Å². The van der Waals surface area contributed by atoms with Crippen LogP contribution in [0.3, 0.4) is 0 Å². The number of H-pyrrole nitrogens is 1. The molecule has 2 aromatic heterocycles. The number of aryl methyl sites for hydroxylation is 2. The lowest BCUT2D eigenvalue weighted by Crippen LogP contribution is -2.24. The molecule has 6 heteroatoms. The van der Waals surface area contributed by atoms with Gasteiger partial charge in [0.05, 0.1) is 35.7 Å². The zero-order valence-corrected chi connectivity index (χ0v) is 10.4. The number of hydrogen-bond acceptors (Lipinski definition) is 4. The first-order valence-corrected chi connectivity index (χ1v) is 5.85. The monoisotopic (exact) mass is 246 g/mol. The molecule has 0 unspecified atom stereocenters. The lowest BCUT2D eigenvalue weighted by molar-refractivity contribution is 0.108. The smallest absolute Gasteiger partial charge is 0.256 e. The Morgan fingerprint density at radius 1 is 1.50 bits per heavy atom. The van der Waals surface area contributed by atoms with E-state index in [0.717, 1.165) is 17.0 Å². The summed E-state index contributed by atoms with van der Waals surface area (Å²) < 4.78 is 6.99. The minimum Gasteiger partial charge on any atom is -0.376 e. The summed E-state index contributed by atoms with van der Waals surface area (Å²) in [5.41, 5.74) is 3.09. The van der Waals surface area contributed by atoms with Gasteiger partial charge in [0.1, 0.15) is 5.82 Å². The third-order valence-electron chi connectivity index (χ3n) is 3.10. The fraction of sp³-hybridized carbons (Fsp3) is 0.417. The summed E-state index contributed by atoms with van der Waals surface area (Å²) in [5, 5.41) is 4.26. The van der Waals surface area contributed by atoms with Crippen LogP contribution in [0, 0.1) is 6.92 Å². The first kappa shape index (κ1) is 11.2. The normalized spacial score (nSPS) is 14.6. The maximum absolute atomic E-state index is 12.0. The number of nitrogens with zero attached hydrogens (tertiary/aromatic N) is 3. The minimum absolute atomic E-state index is 0.113. The molecule has 0 fully saturated rings. The fourth-order valence-electron chi connectivity index (χ4n) is 2.20. The maximum Gasteiger partial charge on any atom is 0.256 e. The van der Waals surface area contributed by atoms with Gasteiger partial charge in [-0.1, -0.05) is 0 Å². The molecular formula is C12H14N4O2. The lowest BCUT2D eigenvalue weighted by Gasteiger charge is -2.15. The summed E-state index contributed by atoms with van der Waals surface area (Å²) >= 11 is 0. The van der Waals surface area contributed by atoms with Crippen molar-refractivity contribution in [3.63, 3.8) is 0 Å². The van der Waals surface area contributed by atoms with Crippen molar-refractivity contribution in [3.05, 3.63) is 33.5 Å². The summed E-state index contributed by atoms with van der Waals surface area (Å²) in [5.74, 6) is 0.589. The molecule has 0 bridgehead atoms. The highest BCUT2D eigenvalue weighted by molar-refractivity contribution is 5.57. The Labute approximate surface area is 104 Å². The van der Waals surface area contributed by atoms with Crippen molar-refractivity contribution < 1.29 is 4.74 Å². The van der Waals surface area contributed by atoms with Crippen LogP contribution in [0.15, 0.2) is 11.0 Å². The van der Waals surface area contributed by atoms with Gasteiger partial charge in [0.25, 0.3) is 5.56 Å². The Morgan fingerprint density at radius 2 is 2.33 bits per heavy atom. The standard InChI is InChI=1S/C12H14N4O2/c1-7-8(5-16(2)15-7)11-13-10-3-4-18-6-9(10)12(17)14-11/h5H,3-4,6H2,1-2H3,(H,13,14,17). The molecule has 94 valence electrons. The van der Waals surface area contributed by atoms with Crippen molar-refractivity contribution in [2.24, 2.45) is 7.05 Å². The van der Waals surface area contributed by atoms with E-state index in [2.05, 4.69) is 15.1 Å². The summed E-state index contributed by atoms with van der Waals surface area (Å²) in [4.78, 5) is 19.3. The molecule has 0 aliphatic carbocycles. The van der Waals surface area contributed by atoms with Crippen LogP contribution in [-0.4, -0.2) is 26.4 Å². The molecule has 0 radical (unpaired) electrons. The number of hydrogen-bond donors (Lipinski definition) is 1. The summed E-state index contributed by atoms with van der Waals surface area (Å²) in [6, 6.07) is 0. The zero-order chi connectivity index (χ0) is 12.7. The predicted octanol–water partition coefficient (Wildman–Crippen LogP) is 0.552. The van der Waals surface area contributed by atoms with E-state index in [1.807, 2.05) is 20.2 Å². The van der Waals surface area contributed by atoms with Gasteiger partial charge >= 0.3 is 0 Å². The average Bonchev–Trinajstić information content (AvgIpc) is 2.68. The Bertz CT molecular complexity index is 657. The Morgan fingerprint density at radius 3 is 3.06 bits per heavy atom. The van der Waals surface area contributed by atoms with Crippen molar-refractivity contribution >= 4 is 0 Å². The Kier molecular flexibility index (Phi) is 2.52. The van der Waals surface area contributed by atoms with E-state index in [0.29, 0.717) is 31.0 Å². The largest absolute Gasteiger partial charge is 0.376 e. The van der Waals surface area contributed by atoms with E-state index < -0.39 is 0 Å². The second-order valence-corrected chi connectivity index (χ2v) is 4.44. The molecular weight excluding hydrogens is 232 g/mol. The van der Waals surface area contributed by atoms with Crippen molar-refractivity contribution in [3.8, 4) is 11.4 Å². The van der Waals surface area contributed by atoms with Gasteiger partial charge in [0.2, 0.25) is 0 Å². The molecule has 0 spiro atoms. The molecule has 1 aliphatic heterocycles. The third-order valence-corrected chi connectivity index (χ3v) is 3.10. The molecule has 3 heterocycles.